The Morgan fingerprint density at radius 1 is 1.21 bits per heavy atom. The number of ether oxygens (including phenoxy) is 1. The van der Waals surface area contributed by atoms with Crippen molar-refractivity contribution in [1.82, 2.24) is 14.9 Å². The van der Waals surface area contributed by atoms with Gasteiger partial charge in [-0.15, -0.1) is 6.42 Å². The van der Waals surface area contributed by atoms with Gasteiger partial charge < -0.3 is 20.7 Å². The molecule has 2 heterocycles. The van der Waals surface area contributed by atoms with Crippen LogP contribution in [0.3, 0.4) is 0 Å². The van der Waals surface area contributed by atoms with Crippen LogP contribution in [0.5, 0.6) is 5.75 Å². The predicted molar refractivity (Wildman–Crippen MR) is 137 cm³/mol. The maximum absolute atomic E-state index is 14.8. The van der Waals surface area contributed by atoms with E-state index in [0.29, 0.717) is 30.0 Å². The molecule has 3 aromatic rings. The average Bonchev–Trinajstić information content (AvgIpc) is 3.71. The highest BCUT2D eigenvalue weighted by Crippen LogP contribution is 2.41. The molecule has 1 unspecified atom stereocenters. The lowest BCUT2D eigenvalue weighted by molar-refractivity contribution is -0.133. The fourth-order valence-corrected chi connectivity index (χ4v) is 4.50. The Balaban J connectivity index is 1.41. The van der Waals surface area contributed by atoms with Crippen LogP contribution in [0, 0.1) is 30.9 Å². The van der Waals surface area contributed by atoms with Gasteiger partial charge in [0, 0.05) is 17.8 Å². The van der Waals surface area contributed by atoms with Crippen LogP contribution in [-0.4, -0.2) is 45.9 Å². The van der Waals surface area contributed by atoms with Crippen LogP contribution in [0.25, 0.3) is 11.3 Å². The molecule has 1 atom stereocenters. The van der Waals surface area contributed by atoms with Gasteiger partial charge in [-0.3, -0.25) is 9.59 Å². The molecule has 1 aliphatic heterocycles. The highest BCUT2D eigenvalue weighted by Gasteiger charge is 2.32. The lowest BCUT2D eigenvalue weighted by Gasteiger charge is -2.39. The number of hydrogen-bond donors (Lipinski definition) is 2. The summed E-state index contributed by atoms with van der Waals surface area (Å²) in [6.07, 6.45) is 9.15. The largest absolute Gasteiger partial charge is 0.485 e. The predicted octanol–water partition coefficient (Wildman–Crippen LogP) is 4.06. The van der Waals surface area contributed by atoms with Gasteiger partial charge in [-0.2, -0.15) is 0 Å². The maximum Gasteiger partial charge on any atom is 0.298 e. The smallest absolute Gasteiger partial charge is 0.298 e. The van der Waals surface area contributed by atoms with E-state index in [1.54, 1.807) is 13.0 Å². The Bertz CT molecular complexity index is 1480. The number of amides is 2. The molecular weight excluding hydrogens is 492 g/mol. The second-order valence-electron chi connectivity index (χ2n) is 9.43. The molecule has 5 rings (SSSR count). The summed E-state index contributed by atoms with van der Waals surface area (Å²) in [6, 6.07) is 6.71. The van der Waals surface area contributed by atoms with Crippen molar-refractivity contribution in [1.29, 1.82) is 0 Å². The first-order valence-corrected chi connectivity index (χ1v) is 12.2. The van der Waals surface area contributed by atoms with Gasteiger partial charge >= 0.3 is 0 Å². The zero-order valence-corrected chi connectivity index (χ0v) is 20.6. The molecule has 1 aromatic heterocycles. The molecule has 2 aromatic carbocycles. The second kappa shape index (κ2) is 10.1. The number of carbonyl (C=O) groups excluding carboxylic acids is 2. The van der Waals surface area contributed by atoms with Gasteiger partial charge in [0.2, 0.25) is 0 Å². The summed E-state index contributed by atoms with van der Waals surface area (Å²) < 4.78 is 35.4. The molecule has 194 valence electrons. The second-order valence-corrected chi connectivity index (χ2v) is 9.43. The molecule has 2 amide bonds. The van der Waals surface area contributed by atoms with Gasteiger partial charge in [-0.05, 0) is 73.4 Å². The molecule has 38 heavy (non-hydrogen) atoms. The fourth-order valence-electron chi connectivity index (χ4n) is 4.50. The van der Waals surface area contributed by atoms with Gasteiger partial charge in [0.15, 0.2) is 11.6 Å². The molecule has 0 spiro atoms. The Morgan fingerprint density at radius 3 is 2.66 bits per heavy atom. The lowest BCUT2D eigenvalue weighted by Crippen LogP contribution is -2.53. The molecule has 2 aliphatic rings. The SMILES string of the molecule is C#CC(=O)N1CCC1COc1c(N)ncnc1-c1cc(F)cc(NC(=O)c2ccc(C3CC3)cc2F)c1C. The summed E-state index contributed by atoms with van der Waals surface area (Å²) in [7, 11) is 0. The van der Waals surface area contributed by atoms with Crippen LogP contribution in [0.1, 0.15) is 46.7 Å². The molecule has 8 nitrogen and oxygen atoms in total. The van der Waals surface area contributed by atoms with Gasteiger partial charge in [0.1, 0.15) is 30.3 Å². The first-order valence-electron chi connectivity index (χ1n) is 12.2. The van der Waals surface area contributed by atoms with E-state index in [0.717, 1.165) is 24.5 Å². The third-order valence-corrected chi connectivity index (χ3v) is 6.94. The average molecular weight is 518 g/mol. The van der Waals surface area contributed by atoms with Crippen molar-refractivity contribution >= 4 is 23.3 Å². The molecule has 1 saturated carbocycles. The van der Waals surface area contributed by atoms with Crippen LogP contribution in [0.15, 0.2) is 36.7 Å². The summed E-state index contributed by atoms with van der Waals surface area (Å²) in [6.45, 7) is 2.28. The standard InChI is InChI=1S/C28H25F2N5O3/c1-3-24(36)35-9-8-19(35)13-38-26-25(32-14-33-27(26)31)21-11-18(29)12-23(15(21)2)34-28(37)20-7-6-17(10-22(20)30)16-4-5-16/h1,6-7,10-12,14,16,19H,4-5,8-9,13H2,2H3,(H,34,37)(H2,31,32,33). The Morgan fingerprint density at radius 2 is 2.00 bits per heavy atom. The highest BCUT2D eigenvalue weighted by molar-refractivity contribution is 6.05. The third kappa shape index (κ3) is 4.87. The Kier molecular flexibility index (Phi) is 6.68. The van der Waals surface area contributed by atoms with Gasteiger partial charge in [0.25, 0.3) is 11.8 Å². The number of nitrogens with two attached hydrogens (primary N) is 1. The fraction of sp³-hybridized carbons (Fsp3) is 0.286. The van der Waals surface area contributed by atoms with Crippen LogP contribution in [-0.2, 0) is 4.79 Å². The van der Waals surface area contributed by atoms with Crippen molar-refractivity contribution in [2.75, 3.05) is 24.2 Å². The van der Waals surface area contributed by atoms with E-state index < -0.39 is 23.4 Å². The minimum Gasteiger partial charge on any atom is -0.485 e. The quantitative estimate of drug-likeness (QED) is 0.458. The van der Waals surface area contributed by atoms with Crippen molar-refractivity contribution in [3.63, 3.8) is 0 Å². The summed E-state index contributed by atoms with van der Waals surface area (Å²) in [5.74, 6) is 0.151. The number of hydrogen-bond acceptors (Lipinski definition) is 6. The normalized spacial score (nSPS) is 16.4. The van der Waals surface area contributed by atoms with Crippen molar-refractivity contribution in [2.45, 2.75) is 38.1 Å². The van der Waals surface area contributed by atoms with Crippen molar-refractivity contribution in [3.8, 4) is 29.4 Å². The van der Waals surface area contributed by atoms with Crippen LogP contribution >= 0.6 is 0 Å². The molecule has 1 saturated heterocycles. The first kappa shape index (κ1) is 25.1. The number of nitrogens with zero attached hydrogens (tertiary/aromatic N) is 3. The number of likely N-dealkylation sites (tertiary alicyclic amines) is 1. The highest BCUT2D eigenvalue weighted by atomic mass is 19.1. The zero-order chi connectivity index (χ0) is 27.0. The molecule has 10 heteroatoms. The van der Waals surface area contributed by atoms with E-state index in [-0.39, 0.29) is 41.2 Å². The summed E-state index contributed by atoms with van der Waals surface area (Å²) in [4.78, 5) is 34.5. The summed E-state index contributed by atoms with van der Waals surface area (Å²) >= 11 is 0. The number of aromatic nitrogens is 2. The minimum absolute atomic E-state index is 0.0243. The molecule has 0 radical (unpaired) electrons. The molecule has 3 N–H and O–H groups in total. The van der Waals surface area contributed by atoms with Gasteiger partial charge in [0.05, 0.1) is 11.6 Å². The van der Waals surface area contributed by atoms with E-state index in [4.69, 9.17) is 16.9 Å². The molecular formula is C28H25F2N5O3. The van der Waals surface area contributed by atoms with Crippen molar-refractivity contribution in [3.05, 3.63) is 65.0 Å². The number of nitrogens with one attached hydrogen (secondary N) is 1. The third-order valence-electron chi connectivity index (χ3n) is 6.94. The minimum atomic E-state index is -0.702. The summed E-state index contributed by atoms with van der Waals surface area (Å²) in [5.41, 5.74) is 7.92. The topological polar surface area (TPSA) is 110 Å². The van der Waals surface area contributed by atoms with E-state index in [1.807, 2.05) is 0 Å². The monoisotopic (exact) mass is 517 g/mol. The zero-order valence-electron chi connectivity index (χ0n) is 20.6. The van der Waals surface area contributed by atoms with Gasteiger partial charge in [-0.25, -0.2) is 18.7 Å². The van der Waals surface area contributed by atoms with Crippen LogP contribution < -0.4 is 15.8 Å². The lowest BCUT2D eigenvalue weighted by atomic mass is 10.0. The molecule has 1 aliphatic carbocycles. The number of carbonyl (C=O) groups is 2. The van der Waals surface area contributed by atoms with E-state index in [9.17, 15) is 18.4 Å². The number of terminal acetylenes is 1. The van der Waals surface area contributed by atoms with Gasteiger partial charge in [-0.1, -0.05) is 6.07 Å². The van der Waals surface area contributed by atoms with E-state index in [2.05, 4.69) is 21.2 Å². The Hall–Kier alpha value is -4.52. The first-order chi connectivity index (χ1) is 18.3. The van der Waals surface area contributed by atoms with E-state index in [1.165, 1.54) is 29.4 Å². The number of rotatable bonds is 7. The number of anilines is 2. The Labute approximate surface area is 218 Å². The number of nitrogen functional groups attached to an aromatic ring is 1. The molecule has 2 fully saturated rings. The maximum atomic E-state index is 14.8. The van der Waals surface area contributed by atoms with Crippen molar-refractivity contribution in [2.24, 2.45) is 0 Å². The molecule has 0 bridgehead atoms. The van der Waals surface area contributed by atoms with E-state index >= 15 is 0 Å². The summed E-state index contributed by atoms with van der Waals surface area (Å²) in [5, 5.41) is 2.61. The van der Waals surface area contributed by atoms with Crippen molar-refractivity contribution < 1.29 is 23.1 Å². The van der Waals surface area contributed by atoms with Crippen LogP contribution in [0.4, 0.5) is 20.3 Å². The number of benzene rings is 2. The number of halogens is 2. The van der Waals surface area contributed by atoms with Crippen LogP contribution in [0.2, 0.25) is 0 Å².